The number of ether oxygens (including phenoxy) is 1. The lowest BCUT2D eigenvalue weighted by Crippen LogP contribution is -2.17. The Morgan fingerprint density at radius 2 is 2.50 bits per heavy atom. The van der Waals surface area contributed by atoms with Crippen molar-refractivity contribution >= 4 is 0 Å². The van der Waals surface area contributed by atoms with Gasteiger partial charge in [-0.3, -0.25) is 4.98 Å². The van der Waals surface area contributed by atoms with Crippen molar-refractivity contribution in [3.05, 3.63) is 29.1 Å². The summed E-state index contributed by atoms with van der Waals surface area (Å²) >= 11 is 0. The van der Waals surface area contributed by atoms with Gasteiger partial charge in [-0.15, -0.1) is 0 Å². The normalized spacial score (nSPS) is 22.0. The Kier molecular flexibility index (Phi) is 1.83. The van der Waals surface area contributed by atoms with Crippen LogP contribution in [0.1, 0.15) is 23.1 Å². The number of rotatable bonds is 0. The standard InChI is InChI=1S/C9H11NO2/c1-6-8-7(2-4-10-6)3-5-12-9(8)11/h2,4,9,11H,3,5H2,1H3. The van der Waals surface area contributed by atoms with Crippen molar-refractivity contribution in [2.45, 2.75) is 19.6 Å². The van der Waals surface area contributed by atoms with Gasteiger partial charge in [0.15, 0.2) is 6.29 Å². The van der Waals surface area contributed by atoms with Gasteiger partial charge in [-0.05, 0) is 25.0 Å². The Bertz CT molecular complexity index is 299. The van der Waals surface area contributed by atoms with Gasteiger partial charge in [-0.2, -0.15) is 0 Å². The van der Waals surface area contributed by atoms with Crippen LogP contribution in [0.25, 0.3) is 0 Å². The number of aliphatic hydroxyl groups excluding tert-OH is 1. The van der Waals surface area contributed by atoms with Gasteiger partial charge in [0.25, 0.3) is 0 Å². The molecule has 0 amide bonds. The predicted octanol–water partition coefficient (Wildman–Crippen LogP) is 0.954. The summed E-state index contributed by atoms with van der Waals surface area (Å²) in [7, 11) is 0. The van der Waals surface area contributed by atoms with Crippen molar-refractivity contribution in [1.29, 1.82) is 0 Å². The molecular formula is C9H11NO2. The van der Waals surface area contributed by atoms with Crippen LogP contribution in [0.15, 0.2) is 12.3 Å². The van der Waals surface area contributed by atoms with E-state index in [1.165, 1.54) is 0 Å². The molecule has 2 rings (SSSR count). The lowest BCUT2D eigenvalue weighted by atomic mass is 10.0. The largest absolute Gasteiger partial charge is 0.364 e. The smallest absolute Gasteiger partial charge is 0.183 e. The van der Waals surface area contributed by atoms with Crippen molar-refractivity contribution in [3.63, 3.8) is 0 Å². The van der Waals surface area contributed by atoms with E-state index in [0.717, 1.165) is 23.2 Å². The number of aliphatic hydroxyl groups is 1. The lowest BCUT2D eigenvalue weighted by Gasteiger charge is -2.22. The zero-order chi connectivity index (χ0) is 8.55. The maximum absolute atomic E-state index is 9.48. The molecule has 0 saturated heterocycles. The summed E-state index contributed by atoms with van der Waals surface area (Å²) in [4.78, 5) is 4.10. The van der Waals surface area contributed by atoms with Gasteiger partial charge < -0.3 is 9.84 Å². The molecule has 1 aromatic rings. The van der Waals surface area contributed by atoms with Crippen LogP contribution in [0.2, 0.25) is 0 Å². The number of aromatic nitrogens is 1. The Morgan fingerprint density at radius 3 is 3.25 bits per heavy atom. The van der Waals surface area contributed by atoms with E-state index in [2.05, 4.69) is 4.98 Å². The summed E-state index contributed by atoms with van der Waals surface area (Å²) < 4.78 is 5.10. The number of pyridine rings is 1. The van der Waals surface area contributed by atoms with Crippen LogP contribution in [0.4, 0.5) is 0 Å². The highest BCUT2D eigenvalue weighted by Crippen LogP contribution is 2.26. The number of aryl methyl sites for hydroxylation is 1. The van der Waals surface area contributed by atoms with Crippen LogP contribution >= 0.6 is 0 Å². The molecule has 0 fully saturated rings. The Labute approximate surface area is 71.0 Å². The molecule has 3 heteroatoms. The van der Waals surface area contributed by atoms with Gasteiger partial charge in [-0.25, -0.2) is 0 Å². The first kappa shape index (κ1) is 7.71. The van der Waals surface area contributed by atoms with Crippen LogP contribution in [0.3, 0.4) is 0 Å². The van der Waals surface area contributed by atoms with E-state index >= 15 is 0 Å². The summed E-state index contributed by atoms with van der Waals surface area (Å²) in [6.07, 6.45) is 1.87. The van der Waals surface area contributed by atoms with Crippen LogP contribution in [-0.2, 0) is 11.2 Å². The predicted molar refractivity (Wildman–Crippen MR) is 43.6 cm³/mol. The monoisotopic (exact) mass is 165 g/mol. The minimum Gasteiger partial charge on any atom is -0.364 e. The second kappa shape index (κ2) is 2.84. The first-order chi connectivity index (χ1) is 5.79. The van der Waals surface area contributed by atoms with E-state index in [1.807, 2.05) is 13.0 Å². The van der Waals surface area contributed by atoms with Gasteiger partial charge in [-0.1, -0.05) is 0 Å². The molecule has 0 aromatic carbocycles. The van der Waals surface area contributed by atoms with Gasteiger partial charge >= 0.3 is 0 Å². The first-order valence-corrected chi connectivity index (χ1v) is 4.03. The van der Waals surface area contributed by atoms with Gasteiger partial charge in [0.05, 0.1) is 6.61 Å². The Morgan fingerprint density at radius 1 is 1.67 bits per heavy atom. The fraction of sp³-hybridized carbons (Fsp3) is 0.444. The molecule has 0 spiro atoms. The fourth-order valence-corrected chi connectivity index (χ4v) is 1.55. The molecule has 1 N–H and O–H groups in total. The maximum Gasteiger partial charge on any atom is 0.183 e. The molecular weight excluding hydrogens is 154 g/mol. The molecule has 3 nitrogen and oxygen atoms in total. The summed E-state index contributed by atoms with van der Waals surface area (Å²) in [5, 5.41) is 9.48. The van der Waals surface area contributed by atoms with Gasteiger partial charge in [0.2, 0.25) is 0 Å². The quantitative estimate of drug-likeness (QED) is 0.622. The zero-order valence-corrected chi connectivity index (χ0v) is 6.95. The second-order valence-electron chi connectivity index (χ2n) is 2.94. The molecule has 1 aromatic heterocycles. The molecule has 1 unspecified atom stereocenters. The Hall–Kier alpha value is -0.930. The van der Waals surface area contributed by atoms with Crippen LogP contribution in [-0.4, -0.2) is 16.7 Å². The summed E-state index contributed by atoms with van der Waals surface area (Å²) in [6.45, 7) is 2.48. The average molecular weight is 165 g/mol. The molecule has 0 aliphatic carbocycles. The third kappa shape index (κ3) is 1.11. The molecule has 1 atom stereocenters. The van der Waals surface area contributed by atoms with Crippen LogP contribution < -0.4 is 0 Å². The van der Waals surface area contributed by atoms with E-state index in [4.69, 9.17) is 4.74 Å². The molecule has 12 heavy (non-hydrogen) atoms. The second-order valence-corrected chi connectivity index (χ2v) is 2.94. The molecule has 2 heterocycles. The van der Waals surface area contributed by atoms with Crippen molar-refractivity contribution in [1.82, 2.24) is 4.98 Å². The number of fused-ring (bicyclic) bond motifs is 1. The van der Waals surface area contributed by atoms with E-state index in [1.54, 1.807) is 6.20 Å². The van der Waals surface area contributed by atoms with Crippen LogP contribution in [0.5, 0.6) is 0 Å². The highest BCUT2D eigenvalue weighted by molar-refractivity contribution is 5.31. The topological polar surface area (TPSA) is 42.4 Å². The molecule has 0 saturated carbocycles. The van der Waals surface area contributed by atoms with Crippen molar-refractivity contribution in [3.8, 4) is 0 Å². The molecule has 1 aliphatic rings. The van der Waals surface area contributed by atoms with Gasteiger partial charge in [0.1, 0.15) is 0 Å². The van der Waals surface area contributed by atoms with E-state index < -0.39 is 6.29 Å². The van der Waals surface area contributed by atoms with Gasteiger partial charge in [0, 0.05) is 17.5 Å². The van der Waals surface area contributed by atoms with E-state index in [0.29, 0.717) is 6.61 Å². The average Bonchev–Trinajstić information content (AvgIpc) is 2.04. The number of nitrogens with zero attached hydrogens (tertiary/aromatic N) is 1. The maximum atomic E-state index is 9.48. The third-order valence-electron chi connectivity index (χ3n) is 2.17. The van der Waals surface area contributed by atoms with E-state index in [9.17, 15) is 5.11 Å². The molecule has 0 radical (unpaired) electrons. The lowest BCUT2D eigenvalue weighted by molar-refractivity contribution is -0.111. The van der Waals surface area contributed by atoms with Crippen molar-refractivity contribution in [2.75, 3.05) is 6.61 Å². The van der Waals surface area contributed by atoms with E-state index in [-0.39, 0.29) is 0 Å². The highest BCUT2D eigenvalue weighted by Gasteiger charge is 2.20. The van der Waals surface area contributed by atoms with Crippen molar-refractivity contribution in [2.24, 2.45) is 0 Å². The molecule has 64 valence electrons. The summed E-state index contributed by atoms with van der Waals surface area (Å²) in [5.74, 6) is 0. The summed E-state index contributed by atoms with van der Waals surface area (Å²) in [6, 6.07) is 1.94. The fourth-order valence-electron chi connectivity index (χ4n) is 1.55. The van der Waals surface area contributed by atoms with Crippen molar-refractivity contribution < 1.29 is 9.84 Å². The Balaban J connectivity index is 2.53. The third-order valence-corrected chi connectivity index (χ3v) is 2.17. The minimum absolute atomic E-state index is 0.595. The minimum atomic E-state index is -0.776. The van der Waals surface area contributed by atoms with Crippen LogP contribution in [0, 0.1) is 6.92 Å². The summed E-state index contributed by atoms with van der Waals surface area (Å²) in [5.41, 5.74) is 2.87. The highest BCUT2D eigenvalue weighted by atomic mass is 16.6. The number of hydrogen-bond donors (Lipinski definition) is 1. The SMILES string of the molecule is Cc1nccc2c1C(O)OCC2. The molecule has 0 bridgehead atoms. The number of hydrogen-bond acceptors (Lipinski definition) is 3. The first-order valence-electron chi connectivity index (χ1n) is 4.03. The molecule has 1 aliphatic heterocycles. The zero-order valence-electron chi connectivity index (χ0n) is 6.95.